The molecule has 0 atom stereocenters. The van der Waals surface area contributed by atoms with E-state index in [1.807, 2.05) is 6.07 Å². The maximum absolute atomic E-state index is 13.5. The molecule has 0 bridgehead atoms. The van der Waals surface area contributed by atoms with Crippen LogP contribution in [0.3, 0.4) is 0 Å². The molecule has 0 radical (unpaired) electrons. The molecule has 0 amide bonds. The van der Waals surface area contributed by atoms with Crippen LogP contribution in [0.4, 0.5) is 13.2 Å². The Balaban J connectivity index is 2.64. The van der Waals surface area contributed by atoms with Crippen LogP contribution in [0.5, 0.6) is 0 Å². The van der Waals surface area contributed by atoms with Gasteiger partial charge in [0.05, 0.1) is 11.6 Å². The first-order chi connectivity index (χ1) is 8.11. The Morgan fingerprint density at radius 1 is 0.824 bits per heavy atom. The summed E-state index contributed by atoms with van der Waals surface area (Å²) in [6, 6.07) is 8.29. The summed E-state index contributed by atoms with van der Waals surface area (Å²) < 4.78 is 39.7. The predicted molar refractivity (Wildman–Crippen MR) is 56.5 cm³/mol. The van der Waals surface area contributed by atoms with Gasteiger partial charge in [-0.15, -0.1) is 0 Å². The third kappa shape index (κ3) is 2.13. The van der Waals surface area contributed by atoms with Crippen LogP contribution < -0.4 is 0 Å². The molecule has 2 aromatic carbocycles. The second-order valence-corrected chi connectivity index (χ2v) is 3.43. The number of hydrogen-bond donors (Lipinski definition) is 0. The van der Waals surface area contributed by atoms with Gasteiger partial charge in [-0.2, -0.15) is 5.26 Å². The summed E-state index contributed by atoms with van der Waals surface area (Å²) in [4.78, 5) is 0. The zero-order valence-corrected chi connectivity index (χ0v) is 8.55. The van der Waals surface area contributed by atoms with E-state index in [9.17, 15) is 13.2 Å². The fourth-order valence-electron chi connectivity index (χ4n) is 1.51. The Labute approximate surface area is 95.7 Å². The van der Waals surface area contributed by atoms with Crippen molar-refractivity contribution in [2.45, 2.75) is 0 Å². The largest absolute Gasteiger partial charge is 0.207 e. The number of nitrogens with zero attached hydrogens (tertiary/aromatic N) is 1. The normalized spacial score (nSPS) is 10.0. The molecule has 84 valence electrons. The van der Waals surface area contributed by atoms with Crippen LogP contribution in [0.2, 0.25) is 0 Å². The van der Waals surface area contributed by atoms with E-state index in [1.165, 1.54) is 12.1 Å². The van der Waals surface area contributed by atoms with E-state index in [0.29, 0.717) is 6.07 Å². The average molecular weight is 233 g/mol. The van der Waals surface area contributed by atoms with Crippen molar-refractivity contribution in [3.05, 3.63) is 59.4 Å². The van der Waals surface area contributed by atoms with Crippen molar-refractivity contribution in [2.75, 3.05) is 0 Å². The Bertz CT molecular complexity index is 615. The molecule has 0 N–H and O–H groups in total. The molecule has 2 aromatic rings. The van der Waals surface area contributed by atoms with Gasteiger partial charge >= 0.3 is 0 Å². The summed E-state index contributed by atoms with van der Waals surface area (Å²) >= 11 is 0. The van der Waals surface area contributed by atoms with Gasteiger partial charge < -0.3 is 0 Å². The molecule has 1 nitrogen and oxygen atoms in total. The summed E-state index contributed by atoms with van der Waals surface area (Å²) in [5.41, 5.74) is 0.0904. The first-order valence-electron chi connectivity index (χ1n) is 4.77. The van der Waals surface area contributed by atoms with E-state index >= 15 is 0 Å². The van der Waals surface area contributed by atoms with Crippen molar-refractivity contribution in [1.82, 2.24) is 0 Å². The molecule has 0 saturated carbocycles. The number of nitriles is 1. The topological polar surface area (TPSA) is 23.8 Å². The van der Waals surface area contributed by atoms with Crippen LogP contribution in [0.15, 0.2) is 36.4 Å². The molecule has 0 aromatic heterocycles. The number of benzene rings is 2. The van der Waals surface area contributed by atoms with Crippen LogP contribution in [0.1, 0.15) is 5.56 Å². The summed E-state index contributed by atoms with van der Waals surface area (Å²) in [6.07, 6.45) is 0. The highest BCUT2D eigenvalue weighted by Gasteiger charge is 2.11. The van der Waals surface area contributed by atoms with Gasteiger partial charge in [0, 0.05) is 17.2 Å². The van der Waals surface area contributed by atoms with Gasteiger partial charge in [0.25, 0.3) is 0 Å². The van der Waals surface area contributed by atoms with Gasteiger partial charge in [-0.1, -0.05) is 0 Å². The molecule has 17 heavy (non-hydrogen) atoms. The standard InChI is InChI=1S/C13H6F3N/c14-9-2-3-10(13(16)6-9)11-5-8(7-17)1-4-12(11)15/h1-6H. The van der Waals surface area contributed by atoms with E-state index < -0.39 is 17.5 Å². The summed E-state index contributed by atoms with van der Waals surface area (Å²) in [5.74, 6) is -2.25. The smallest absolute Gasteiger partial charge is 0.134 e. The fraction of sp³-hybridized carbons (Fsp3) is 0. The second kappa shape index (κ2) is 4.30. The number of halogens is 3. The van der Waals surface area contributed by atoms with E-state index in [0.717, 1.165) is 18.2 Å². The third-order valence-corrected chi connectivity index (χ3v) is 2.32. The highest BCUT2D eigenvalue weighted by atomic mass is 19.1. The predicted octanol–water partition coefficient (Wildman–Crippen LogP) is 3.64. The van der Waals surface area contributed by atoms with Crippen molar-refractivity contribution >= 4 is 0 Å². The minimum Gasteiger partial charge on any atom is -0.207 e. The van der Waals surface area contributed by atoms with Crippen LogP contribution in [0.25, 0.3) is 11.1 Å². The van der Waals surface area contributed by atoms with Crippen molar-refractivity contribution in [2.24, 2.45) is 0 Å². The molecule has 0 fully saturated rings. The van der Waals surface area contributed by atoms with E-state index in [2.05, 4.69) is 0 Å². The highest BCUT2D eigenvalue weighted by Crippen LogP contribution is 2.26. The first-order valence-corrected chi connectivity index (χ1v) is 4.77. The summed E-state index contributed by atoms with van der Waals surface area (Å²) in [7, 11) is 0. The molecule has 0 aliphatic heterocycles. The minimum atomic E-state index is -0.862. The number of hydrogen-bond acceptors (Lipinski definition) is 1. The molecule has 0 spiro atoms. The molecule has 4 heteroatoms. The van der Waals surface area contributed by atoms with Crippen molar-refractivity contribution in [3.63, 3.8) is 0 Å². The second-order valence-electron chi connectivity index (χ2n) is 3.43. The SMILES string of the molecule is N#Cc1ccc(F)c(-c2ccc(F)cc2F)c1. The van der Waals surface area contributed by atoms with Crippen LogP contribution in [0, 0.1) is 28.8 Å². The number of rotatable bonds is 1. The Kier molecular flexibility index (Phi) is 2.84. The van der Waals surface area contributed by atoms with Crippen molar-refractivity contribution < 1.29 is 13.2 Å². The van der Waals surface area contributed by atoms with Crippen LogP contribution in [-0.4, -0.2) is 0 Å². The monoisotopic (exact) mass is 233 g/mol. The van der Waals surface area contributed by atoms with E-state index in [-0.39, 0.29) is 16.7 Å². The molecule has 0 heterocycles. The summed E-state index contributed by atoms with van der Waals surface area (Å²) in [6.45, 7) is 0. The van der Waals surface area contributed by atoms with Gasteiger partial charge in [0.15, 0.2) is 0 Å². The van der Waals surface area contributed by atoms with Crippen LogP contribution in [-0.2, 0) is 0 Å². The van der Waals surface area contributed by atoms with Crippen molar-refractivity contribution in [1.29, 1.82) is 5.26 Å². The van der Waals surface area contributed by atoms with Gasteiger partial charge in [-0.05, 0) is 30.3 Å². The molecule has 0 unspecified atom stereocenters. The lowest BCUT2D eigenvalue weighted by Gasteiger charge is -2.05. The minimum absolute atomic E-state index is 0.0541. The van der Waals surface area contributed by atoms with Crippen LogP contribution >= 0.6 is 0 Å². The van der Waals surface area contributed by atoms with Crippen molar-refractivity contribution in [3.8, 4) is 17.2 Å². The van der Waals surface area contributed by atoms with Gasteiger partial charge in [0.1, 0.15) is 17.5 Å². The Morgan fingerprint density at radius 3 is 2.24 bits per heavy atom. The highest BCUT2D eigenvalue weighted by molar-refractivity contribution is 5.66. The molecule has 0 aliphatic carbocycles. The fourth-order valence-corrected chi connectivity index (χ4v) is 1.51. The van der Waals surface area contributed by atoms with Gasteiger partial charge in [0.2, 0.25) is 0 Å². The molecule has 2 rings (SSSR count). The maximum Gasteiger partial charge on any atom is 0.134 e. The lowest BCUT2D eigenvalue weighted by Crippen LogP contribution is -1.91. The lowest BCUT2D eigenvalue weighted by atomic mass is 10.0. The molecule has 0 saturated heterocycles. The zero-order chi connectivity index (χ0) is 12.4. The molecule has 0 aliphatic rings. The quantitative estimate of drug-likeness (QED) is 0.737. The summed E-state index contributed by atoms with van der Waals surface area (Å²) in [5, 5.41) is 8.69. The Morgan fingerprint density at radius 2 is 1.59 bits per heavy atom. The Hall–Kier alpha value is -2.28. The average Bonchev–Trinajstić information content (AvgIpc) is 2.30. The van der Waals surface area contributed by atoms with Gasteiger partial charge in [-0.3, -0.25) is 0 Å². The van der Waals surface area contributed by atoms with E-state index in [1.54, 1.807) is 0 Å². The zero-order valence-electron chi connectivity index (χ0n) is 8.55. The first kappa shape index (κ1) is 11.2. The molecular weight excluding hydrogens is 227 g/mol. The molecular formula is C13H6F3N. The third-order valence-electron chi connectivity index (χ3n) is 2.32. The maximum atomic E-state index is 13.5. The van der Waals surface area contributed by atoms with Gasteiger partial charge in [-0.25, -0.2) is 13.2 Å². The van der Waals surface area contributed by atoms with E-state index in [4.69, 9.17) is 5.26 Å². The lowest BCUT2D eigenvalue weighted by molar-refractivity contribution is 0.582.